The van der Waals surface area contributed by atoms with Gasteiger partial charge in [0.05, 0.1) is 5.60 Å². The summed E-state index contributed by atoms with van der Waals surface area (Å²) >= 11 is 0. The third kappa shape index (κ3) is 2.73. The molecule has 0 radical (unpaired) electrons. The number of hydrogen-bond donors (Lipinski definition) is 4. The molecule has 3 amide bonds. The second-order valence-electron chi connectivity index (χ2n) is 11.0. The van der Waals surface area contributed by atoms with Gasteiger partial charge >= 0.3 is 6.03 Å². The number of fused-ring (bicyclic) bond motifs is 1. The first-order valence-electron chi connectivity index (χ1n) is 12.3. The third-order valence-corrected chi connectivity index (χ3v) is 9.44. The molecule has 1 spiro atoms. The zero-order valence-corrected chi connectivity index (χ0v) is 18.5. The van der Waals surface area contributed by atoms with Crippen LogP contribution in [0.25, 0.3) is 0 Å². The van der Waals surface area contributed by atoms with Gasteiger partial charge in [-0.2, -0.15) is 0 Å². The summed E-state index contributed by atoms with van der Waals surface area (Å²) in [5.74, 6) is 0.589. The number of carbonyl (C=O) groups excluding carboxylic acids is 2. The Labute approximate surface area is 188 Å². The van der Waals surface area contributed by atoms with Gasteiger partial charge < -0.3 is 15.5 Å². The van der Waals surface area contributed by atoms with Crippen molar-refractivity contribution in [1.29, 1.82) is 0 Å². The number of urea groups is 1. The molecule has 2 aliphatic heterocycles. The molecule has 7 nitrogen and oxygen atoms in total. The highest BCUT2D eigenvalue weighted by Gasteiger charge is 2.69. The molecule has 32 heavy (non-hydrogen) atoms. The molecule has 0 aromatic heterocycles. The molecule has 4 N–H and O–H groups in total. The molecule has 2 saturated heterocycles. The topological polar surface area (TPSA) is 102 Å². The van der Waals surface area contributed by atoms with Crippen molar-refractivity contribution in [2.75, 3.05) is 13.1 Å². The quantitative estimate of drug-likeness (QED) is 0.530. The Bertz CT molecular complexity index is 976. The first-order valence-corrected chi connectivity index (χ1v) is 12.3. The number of carbonyl (C=O) groups is 2. The Balaban J connectivity index is 1.42. The van der Waals surface area contributed by atoms with E-state index in [1.807, 2.05) is 6.07 Å². The van der Waals surface area contributed by atoms with Crippen molar-refractivity contribution in [2.24, 2.45) is 5.92 Å². The van der Waals surface area contributed by atoms with Crippen molar-refractivity contribution in [3.05, 3.63) is 29.3 Å². The lowest BCUT2D eigenvalue weighted by atomic mass is 9.46. The van der Waals surface area contributed by atoms with Crippen LogP contribution in [-0.2, 0) is 16.6 Å². The molecule has 4 fully saturated rings. The Morgan fingerprint density at radius 3 is 2.66 bits per heavy atom. The number of hydrogen-bond acceptors (Lipinski definition) is 5. The number of amides is 3. The van der Waals surface area contributed by atoms with Crippen molar-refractivity contribution in [3.63, 3.8) is 0 Å². The Morgan fingerprint density at radius 2 is 1.91 bits per heavy atom. The van der Waals surface area contributed by atoms with E-state index < -0.39 is 22.6 Å². The number of nitrogens with zero attached hydrogens (tertiary/aromatic N) is 1. The second-order valence-corrected chi connectivity index (χ2v) is 11.0. The standard InChI is InChI=1S/C25H33N3O4/c29-18-7-6-17-12-20-25(32)9-8-24(21(30)26-22(31)27-24)15-23(25,19(17)13-18)10-11-28(20)14-16-4-2-1-3-5-16/h6-7,13,16,20,29,32H,1-5,8-12,14-15H2,(H2,26,27,30,31). The summed E-state index contributed by atoms with van der Waals surface area (Å²) in [6.45, 7) is 1.89. The van der Waals surface area contributed by atoms with Gasteiger partial charge in [0.15, 0.2) is 0 Å². The van der Waals surface area contributed by atoms with E-state index in [1.165, 1.54) is 32.1 Å². The molecule has 2 bridgehead atoms. The molecule has 1 aromatic rings. The van der Waals surface area contributed by atoms with Crippen LogP contribution in [0.1, 0.15) is 68.9 Å². The summed E-state index contributed by atoms with van der Waals surface area (Å²) in [7, 11) is 0. The van der Waals surface area contributed by atoms with Crippen molar-refractivity contribution < 1.29 is 19.8 Å². The van der Waals surface area contributed by atoms with Gasteiger partial charge in [0, 0.05) is 18.0 Å². The van der Waals surface area contributed by atoms with E-state index in [2.05, 4.69) is 15.5 Å². The largest absolute Gasteiger partial charge is 0.508 e. The average Bonchev–Trinajstić information content (AvgIpc) is 3.04. The van der Waals surface area contributed by atoms with E-state index in [1.54, 1.807) is 12.1 Å². The highest BCUT2D eigenvalue weighted by Crippen LogP contribution is 2.60. The number of rotatable bonds is 2. The molecule has 2 saturated carbocycles. The van der Waals surface area contributed by atoms with Gasteiger partial charge in [-0.1, -0.05) is 25.3 Å². The van der Waals surface area contributed by atoms with Gasteiger partial charge in [-0.05, 0) is 80.7 Å². The average molecular weight is 440 g/mol. The van der Waals surface area contributed by atoms with Crippen LogP contribution in [0.4, 0.5) is 4.79 Å². The first kappa shape index (κ1) is 20.5. The van der Waals surface area contributed by atoms with Crippen molar-refractivity contribution in [3.8, 4) is 5.75 Å². The second kappa shape index (κ2) is 6.94. The highest BCUT2D eigenvalue weighted by molar-refractivity contribution is 6.07. The number of aliphatic hydroxyl groups is 1. The van der Waals surface area contributed by atoms with E-state index in [9.17, 15) is 19.8 Å². The molecular formula is C25H33N3O4. The first-order chi connectivity index (χ1) is 15.4. The van der Waals surface area contributed by atoms with Crippen molar-refractivity contribution in [1.82, 2.24) is 15.5 Å². The molecule has 2 heterocycles. The SMILES string of the molecule is O=C1NC(=O)C2(CCC3(O)C4Cc5ccc(O)cc5C3(CCN4CC3CCCCC3)C2)N1. The van der Waals surface area contributed by atoms with Crippen LogP contribution in [0.3, 0.4) is 0 Å². The van der Waals surface area contributed by atoms with Crippen LogP contribution >= 0.6 is 0 Å². The highest BCUT2D eigenvalue weighted by atomic mass is 16.3. The summed E-state index contributed by atoms with van der Waals surface area (Å²) < 4.78 is 0. The number of likely N-dealkylation sites (tertiary alicyclic amines) is 1. The van der Waals surface area contributed by atoms with Crippen LogP contribution < -0.4 is 10.6 Å². The molecule has 5 aliphatic rings. The zero-order chi connectivity index (χ0) is 22.1. The molecule has 172 valence electrons. The molecule has 4 unspecified atom stereocenters. The summed E-state index contributed by atoms with van der Waals surface area (Å²) in [5, 5.41) is 28.1. The van der Waals surface area contributed by atoms with Gasteiger partial charge in [-0.15, -0.1) is 0 Å². The van der Waals surface area contributed by atoms with Gasteiger partial charge in [-0.25, -0.2) is 4.79 Å². The third-order valence-electron chi connectivity index (χ3n) is 9.44. The molecule has 7 heteroatoms. The van der Waals surface area contributed by atoms with Gasteiger partial charge in [0.1, 0.15) is 11.3 Å². The van der Waals surface area contributed by atoms with Crippen LogP contribution in [0.5, 0.6) is 5.75 Å². The monoisotopic (exact) mass is 439 g/mol. The van der Waals surface area contributed by atoms with Crippen LogP contribution in [0.15, 0.2) is 18.2 Å². The normalized spacial score (nSPS) is 39.3. The lowest BCUT2D eigenvalue weighted by Gasteiger charge is -2.66. The number of benzene rings is 1. The predicted molar refractivity (Wildman–Crippen MR) is 118 cm³/mol. The molecule has 3 aliphatic carbocycles. The van der Waals surface area contributed by atoms with E-state index in [4.69, 9.17) is 0 Å². The van der Waals surface area contributed by atoms with E-state index in [0.717, 1.165) is 30.6 Å². The van der Waals surface area contributed by atoms with Crippen LogP contribution in [0.2, 0.25) is 0 Å². The molecular weight excluding hydrogens is 406 g/mol. The molecule has 1 aromatic carbocycles. The van der Waals surface area contributed by atoms with Crippen LogP contribution in [-0.4, -0.2) is 57.3 Å². The lowest BCUT2D eigenvalue weighted by molar-refractivity contribution is -0.182. The predicted octanol–water partition coefficient (Wildman–Crippen LogP) is 2.33. The summed E-state index contributed by atoms with van der Waals surface area (Å²) in [6.07, 6.45) is 9.22. The summed E-state index contributed by atoms with van der Waals surface area (Å²) in [4.78, 5) is 27.4. The fourth-order valence-electron chi connectivity index (χ4n) is 7.89. The number of imide groups is 1. The van der Waals surface area contributed by atoms with Crippen molar-refractivity contribution >= 4 is 11.9 Å². The fraction of sp³-hybridized carbons (Fsp3) is 0.680. The molecule has 4 atom stereocenters. The van der Waals surface area contributed by atoms with E-state index >= 15 is 0 Å². The minimum atomic E-state index is -0.987. The van der Waals surface area contributed by atoms with Crippen molar-refractivity contribution in [2.45, 2.75) is 86.8 Å². The maximum atomic E-state index is 12.9. The molecule has 6 rings (SSSR count). The Morgan fingerprint density at radius 1 is 1.09 bits per heavy atom. The smallest absolute Gasteiger partial charge is 0.322 e. The minimum absolute atomic E-state index is 0.00673. The Hall–Kier alpha value is -2.12. The lowest BCUT2D eigenvalue weighted by Crippen LogP contribution is -2.76. The fourth-order valence-corrected chi connectivity index (χ4v) is 7.89. The van der Waals surface area contributed by atoms with Gasteiger partial charge in [-0.3, -0.25) is 15.0 Å². The number of nitrogens with one attached hydrogen (secondary N) is 2. The summed E-state index contributed by atoms with van der Waals surface area (Å²) in [6, 6.07) is 5.05. The van der Waals surface area contributed by atoms with Gasteiger partial charge in [0.2, 0.25) is 0 Å². The van der Waals surface area contributed by atoms with Gasteiger partial charge in [0.25, 0.3) is 5.91 Å². The minimum Gasteiger partial charge on any atom is -0.508 e. The van der Waals surface area contributed by atoms with E-state index in [0.29, 0.717) is 31.6 Å². The number of phenolic OH excluding ortho intramolecular Hbond substituents is 1. The van der Waals surface area contributed by atoms with Crippen LogP contribution in [0, 0.1) is 5.92 Å². The summed E-state index contributed by atoms with van der Waals surface area (Å²) in [5.41, 5.74) is -0.534. The maximum absolute atomic E-state index is 12.9. The number of piperidine rings is 1. The maximum Gasteiger partial charge on any atom is 0.322 e. The van der Waals surface area contributed by atoms with E-state index in [-0.39, 0.29) is 17.7 Å². The number of aromatic hydroxyl groups is 1. The zero-order valence-electron chi connectivity index (χ0n) is 18.5. The Kier molecular flexibility index (Phi) is 4.44. The number of phenols is 1.